The highest BCUT2D eigenvalue weighted by atomic mass is 31.2. The molecule has 0 N–H and O–H groups in total. The molecule has 3 aromatic carbocycles. The first-order chi connectivity index (χ1) is 28.5. The maximum Gasteiger partial charge on any atom is 0.421 e. The standard InChI is InChI=1S/C51H56N2O4P2/c1-35(2)42-24-21-37(5)32-47(42)55-59(53-29-15-16-30-53)57-49-26-23-41-18-10-12-20-45(41)51(49,8)34-44-43-19-11-9-17-40(43)22-25-46(44)54-58(52-27-13-14-28-52)56-48-33-38(6)31-39(7)50(48)36(3)4/h9-30,32-33,35-36,39,45H,31,34H2,1-8H3/t39?,45?,51?,58?,59-/m0/s1. The van der Waals surface area contributed by atoms with E-state index in [0.717, 1.165) is 56.9 Å². The van der Waals surface area contributed by atoms with Crippen molar-refractivity contribution in [2.45, 2.75) is 74.1 Å². The Hall–Kier alpha value is -5.02. The Morgan fingerprint density at radius 3 is 2.15 bits per heavy atom. The molecule has 304 valence electrons. The van der Waals surface area contributed by atoms with Crippen molar-refractivity contribution in [3.05, 3.63) is 191 Å². The summed E-state index contributed by atoms with van der Waals surface area (Å²) in [6.07, 6.45) is 25.2. The van der Waals surface area contributed by atoms with Gasteiger partial charge in [0.15, 0.2) is 0 Å². The van der Waals surface area contributed by atoms with Crippen LogP contribution in [-0.2, 0) is 15.5 Å². The minimum atomic E-state index is -1.62. The molecule has 8 rings (SSSR count). The van der Waals surface area contributed by atoms with Gasteiger partial charge in [-0.1, -0.05) is 120 Å². The molecule has 2 aromatic heterocycles. The highest BCUT2D eigenvalue weighted by Gasteiger charge is 2.45. The van der Waals surface area contributed by atoms with Crippen LogP contribution < -0.4 is 9.05 Å². The first kappa shape index (κ1) is 40.7. The van der Waals surface area contributed by atoms with Crippen LogP contribution in [0.15, 0.2) is 174 Å². The number of benzene rings is 3. The van der Waals surface area contributed by atoms with Crippen LogP contribution in [-0.4, -0.2) is 8.68 Å². The summed E-state index contributed by atoms with van der Waals surface area (Å²) < 4.78 is 32.7. The maximum atomic E-state index is 7.28. The highest BCUT2D eigenvalue weighted by molar-refractivity contribution is 7.46. The van der Waals surface area contributed by atoms with Crippen molar-refractivity contribution >= 4 is 27.8 Å². The summed E-state index contributed by atoms with van der Waals surface area (Å²) in [5, 5.41) is 2.30. The number of nitrogens with zero attached hydrogens (tertiary/aromatic N) is 2. The smallest absolute Gasteiger partial charge is 0.421 e. The molecule has 0 fully saturated rings. The number of fused-ring (bicyclic) bond motifs is 2. The second-order valence-electron chi connectivity index (χ2n) is 17.0. The summed E-state index contributed by atoms with van der Waals surface area (Å²) in [7, 11) is -3.23. The van der Waals surface area contributed by atoms with Gasteiger partial charge in [-0.05, 0) is 126 Å². The third-order valence-corrected chi connectivity index (χ3v) is 14.5. The van der Waals surface area contributed by atoms with E-state index in [4.69, 9.17) is 18.1 Å². The van der Waals surface area contributed by atoms with Crippen molar-refractivity contribution in [1.29, 1.82) is 0 Å². The molecule has 8 heteroatoms. The van der Waals surface area contributed by atoms with Crippen LogP contribution in [0.2, 0.25) is 0 Å². The fourth-order valence-corrected chi connectivity index (χ4v) is 11.5. The number of allylic oxidation sites excluding steroid dienone is 11. The van der Waals surface area contributed by atoms with Crippen molar-refractivity contribution < 1.29 is 18.1 Å². The Labute approximate surface area is 353 Å². The number of hydrogen-bond acceptors (Lipinski definition) is 4. The summed E-state index contributed by atoms with van der Waals surface area (Å²) in [4.78, 5) is 0. The molecule has 59 heavy (non-hydrogen) atoms. The number of hydrogen-bond donors (Lipinski definition) is 0. The van der Waals surface area contributed by atoms with Crippen molar-refractivity contribution in [2.24, 2.45) is 23.2 Å². The summed E-state index contributed by atoms with van der Waals surface area (Å²) >= 11 is 0. The monoisotopic (exact) mass is 822 g/mol. The molecule has 0 saturated carbocycles. The minimum absolute atomic E-state index is 0.0452. The molecule has 0 radical (unpaired) electrons. The molecule has 3 aliphatic carbocycles. The largest absolute Gasteiger partial charge is 0.426 e. The molecule has 4 unspecified atom stereocenters. The van der Waals surface area contributed by atoms with Crippen LogP contribution in [0, 0.1) is 30.1 Å². The van der Waals surface area contributed by atoms with E-state index in [2.05, 4.69) is 161 Å². The van der Waals surface area contributed by atoms with Crippen molar-refractivity contribution in [3.8, 4) is 11.5 Å². The van der Waals surface area contributed by atoms with E-state index in [-0.39, 0.29) is 11.8 Å². The first-order valence-electron chi connectivity index (χ1n) is 20.9. The summed E-state index contributed by atoms with van der Waals surface area (Å²) in [5.74, 6) is 4.53. The van der Waals surface area contributed by atoms with Gasteiger partial charge >= 0.3 is 17.1 Å². The van der Waals surface area contributed by atoms with E-state index >= 15 is 0 Å². The highest BCUT2D eigenvalue weighted by Crippen LogP contribution is 2.56. The lowest BCUT2D eigenvalue weighted by Crippen LogP contribution is -2.35. The van der Waals surface area contributed by atoms with Gasteiger partial charge in [-0.15, -0.1) is 0 Å². The Kier molecular flexibility index (Phi) is 11.9. The molecule has 6 nitrogen and oxygen atoms in total. The second-order valence-corrected chi connectivity index (χ2v) is 19.6. The van der Waals surface area contributed by atoms with Gasteiger partial charge in [0.1, 0.15) is 23.0 Å². The van der Waals surface area contributed by atoms with Gasteiger partial charge in [-0.2, -0.15) is 0 Å². The second kappa shape index (κ2) is 17.3. The Morgan fingerprint density at radius 2 is 1.44 bits per heavy atom. The van der Waals surface area contributed by atoms with Gasteiger partial charge in [-0.25, -0.2) is 0 Å². The SMILES string of the molecule is CC1=CC(OP(Oc2ccc3ccccc3c2CC2(C)C(O[P@](Oc3cc(C)ccc3C(C)C)n3cccc3)=CC=C3C=CC=CC32)n2cccc2)=C(C(C)C)C(C)C1. The lowest BCUT2D eigenvalue weighted by atomic mass is 9.64. The summed E-state index contributed by atoms with van der Waals surface area (Å²) in [5.41, 5.74) is 6.79. The average molecular weight is 823 g/mol. The Balaban J connectivity index is 1.22. The average Bonchev–Trinajstić information content (AvgIpc) is 3.95. The third-order valence-electron chi connectivity index (χ3n) is 11.8. The zero-order chi connectivity index (χ0) is 41.3. The Bertz CT molecular complexity index is 2490. The van der Waals surface area contributed by atoms with Gasteiger partial charge in [0.2, 0.25) is 0 Å². The van der Waals surface area contributed by atoms with Crippen molar-refractivity contribution in [2.75, 3.05) is 0 Å². The number of rotatable bonds is 14. The number of aromatic nitrogens is 2. The van der Waals surface area contributed by atoms with Gasteiger partial charge in [0.25, 0.3) is 0 Å². The minimum Gasteiger partial charge on any atom is -0.426 e. The van der Waals surface area contributed by atoms with Crippen LogP contribution in [0.25, 0.3) is 10.8 Å². The quantitative estimate of drug-likeness (QED) is 0.105. The normalized spacial score (nSPS) is 21.2. The fourth-order valence-electron chi connectivity index (χ4n) is 8.86. The lowest BCUT2D eigenvalue weighted by Gasteiger charge is -2.42. The molecule has 3 aliphatic rings. The van der Waals surface area contributed by atoms with Crippen molar-refractivity contribution in [3.63, 3.8) is 0 Å². The van der Waals surface area contributed by atoms with E-state index in [9.17, 15) is 0 Å². The predicted octanol–water partition coefficient (Wildman–Crippen LogP) is 14.9. The molecular weight excluding hydrogens is 767 g/mol. The number of aryl methyl sites for hydroxylation is 1. The molecule has 5 atom stereocenters. The molecule has 2 heterocycles. The zero-order valence-corrected chi connectivity index (χ0v) is 37.3. The molecule has 0 saturated heterocycles. The van der Waals surface area contributed by atoms with Gasteiger partial charge in [-0.3, -0.25) is 8.68 Å². The van der Waals surface area contributed by atoms with Crippen LogP contribution in [0.4, 0.5) is 0 Å². The molecule has 0 bridgehead atoms. The van der Waals surface area contributed by atoms with E-state index in [1.54, 1.807) is 0 Å². The van der Waals surface area contributed by atoms with E-state index in [1.807, 2.05) is 49.1 Å². The first-order valence-corrected chi connectivity index (χ1v) is 23.1. The molecular formula is C51H56N2O4P2. The molecule has 0 spiro atoms. The summed E-state index contributed by atoms with van der Waals surface area (Å²) in [6.45, 7) is 17.9. The lowest BCUT2D eigenvalue weighted by molar-refractivity contribution is 0.206. The van der Waals surface area contributed by atoms with Crippen molar-refractivity contribution in [1.82, 2.24) is 8.68 Å². The molecule has 0 amide bonds. The zero-order valence-electron chi connectivity index (χ0n) is 35.5. The van der Waals surface area contributed by atoms with E-state index in [1.165, 1.54) is 16.7 Å². The topological polar surface area (TPSA) is 46.8 Å². The third kappa shape index (κ3) is 8.54. The van der Waals surface area contributed by atoms with E-state index < -0.39 is 22.5 Å². The van der Waals surface area contributed by atoms with Gasteiger partial charge < -0.3 is 18.1 Å². The van der Waals surface area contributed by atoms with Crippen LogP contribution >= 0.6 is 17.1 Å². The van der Waals surface area contributed by atoms with Crippen LogP contribution in [0.3, 0.4) is 0 Å². The molecule has 5 aromatic rings. The predicted molar refractivity (Wildman–Crippen MR) is 245 cm³/mol. The van der Waals surface area contributed by atoms with Crippen LogP contribution in [0.1, 0.15) is 77.5 Å². The van der Waals surface area contributed by atoms with Gasteiger partial charge in [0, 0.05) is 41.7 Å². The summed E-state index contributed by atoms with van der Waals surface area (Å²) in [6, 6.07) is 27.5. The molecule has 0 aliphatic heterocycles. The van der Waals surface area contributed by atoms with Crippen LogP contribution in [0.5, 0.6) is 11.5 Å². The van der Waals surface area contributed by atoms with Gasteiger partial charge in [0.05, 0.1) is 0 Å². The fraction of sp³-hybridized carbons (Fsp3) is 0.294. The van der Waals surface area contributed by atoms with E-state index in [0.29, 0.717) is 18.3 Å². The Morgan fingerprint density at radius 1 is 0.746 bits per heavy atom. The maximum absolute atomic E-state index is 7.28.